The number of halogens is 2. The molecule has 7 nitrogen and oxygen atoms in total. The van der Waals surface area contributed by atoms with E-state index >= 15 is 0 Å². The Balaban J connectivity index is 0.000000201. The summed E-state index contributed by atoms with van der Waals surface area (Å²) in [5.74, 6) is 0.863. The molecule has 9 heteroatoms. The van der Waals surface area contributed by atoms with Gasteiger partial charge in [-0.05, 0) is 60.1 Å². The molecule has 2 aliphatic rings. The summed E-state index contributed by atoms with van der Waals surface area (Å²) in [6.45, 7) is 6.36. The van der Waals surface area contributed by atoms with Crippen molar-refractivity contribution in [2.24, 2.45) is 11.8 Å². The van der Waals surface area contributed by atoms with Crippen LogP contribution < -0.4 is 0 Å². The fourth-order valence-corrected chi connectivity index (χ4v) is 5.64. The molecule has 2 aromatic carbocycles. The van der Waals surface area contributed by atoms with Crippen molar-refractivity contribution in [3.05, 3.63) is 68.6 Å². The van der Waals surface area contributed by atoms with Gasteiger partial charge in [-0.2, -0.15) is 0 Å². The molecule has 2 N–H and O–H groups in total. The minimum absolute atomic E-state index is 0.122. The number of benzene rings is 2. The van der Waals surface area contributed by atoms with E-state index in [0.29, 0.717) is 31.3 Å². The Bertz CT molecular complexity index is 1030. The molecule has 0 aliphatic carbocycles. The van der Waals surface area contributed by atoms with Crippen molar-refractivity contribution in [1.82, 2.24) is 9.80 Å². The third-order valence-corrected chi connectivity index (χ3v) is 8.38. The molecule has 0 bridgehead atoms. The summed E-state index contributed by atoms with van der Waals surface area (Å²) in [6.07, 6.45) is 0.302. The van der Waals surface area contributed by atoms with Gasteiger partial charge in [-0.3, -0.25) is 0 Å². The van der Waals surface area contributed by atoms with Crippen LogP contribution in [0, 0.1) is 11.8 Å². The maximum Gasteiger partial charge on any atom is 0.409 e. The Hall–Kier alpha value is -2.10. The molecule has 2 fully saturated rings. The number of ether oxygens (including phenoxy) is 1. The molecule has 2 aliphatic heterocycles. The standard InChI is InChI=1S/C14H18BrNO2.C13H16BrNO3/c1-10-9-16(14(17)18-2)8-7-13(10)11-3-5-12(15)6-4-11;1-9-8-15(12(16)17)7-6-13(9,18)10-2-4-11(14)5-3-10/h3-6,10,13H,7-9H2,1-2H3;2-5,9,18H,6-8H2,1H3,(H,16,17). The molecule has 2 heterocycles. The average molecular weight is 626 g/mol. The van der Waals surface area contributed by atoms with Crippen LogP contribution in [0.3, 0.4) is 0 Å². The molecular weight excluding hydrogens is 592 g/mol. The van der Waals surface area contributed by atoms with E-state index in [1.54, 1.807) is 4.90 Å². The van der Waals surface area contributed by atoms with E-state index in [1.807, 2.05) is 31.2 Å². The lowest BCUT2D eigenvalue weighted by Crippen LogP contribution is -2.50. The largest absolute Gasteiger partial charge is 0.465 e. The summed E-state index contributed by atoms with van der Waals surface area (Å²) in [5, 5.41) is 19.7. The lowest BCUT2D eigenvalue weighted by molar-refractivity contribution is -0.0654. The summed E-state index contributed by atoms with van der Waals surface area (Å²) < 4.78 is 6.84. The number of aliphatic hydroxyl groups is 1. The number of likely N-dealkylation sites (tertiary alicyclic amines) is 2. The number of hydrogen-bond acceptors (Lipinski definition) is 4. The minimum Gasteiger partial charge on any atom is -0.465 e. The first kappa shape index (κ1) is 28.5. The number of hydrogen-bond donors (Lipinski definition) is 2. The van der Waals surface area contributed by atoms with Crippen molar-refractivity contribution in [2.45, 2.75) is 38.2 Å². The van der Waals surface area contributed by atoms with Gasteiger partial charge in [0.1, 0.15) is 0 Å². The molecule has 4 rings (SSSR count). The van der Waals surface area contributed by atoms with Crippen molar-refractivity contribution in [3.63, 3.8) is 0 Å². The number of carbonyl (C=O) groups is 2. The quantitative estimate of drug-likeness (QED) is 0.409. The molecule has 0 spiro atoms. The lowest BCUT2D eigenvalue weighted by Gasteiger charge is -2.42. The summed E-state index contributed by atoms with van der Waals surface area (Å²) in [5.41, 5.74) is 1.27. The van der Waals surface area contributed by atoms with E-state index < -0.39 is 11.7 Å². The molecule has 0 saturated carbocycles. The van der Waals surface area contributed by atoms with Gasteiger partial charge in [-0.1, -0.05) is 70.0 Å². The fourth-order valence-electron chi connectivity index (χ4n) is 5.11. The van der Waals surface area contributed by atoms with Crippen LogP contribution in [0.2, 0.25) is 0 Å². The predicted molar refractivity (Wildman–Crippen MR) is 146 cm³/mol. The number of rotatable bonds is 2. The van der Waals surface area contributed by atoms with Crippen LogP contribution in [0.5, 0.6) is 0 Å². The Kier molecular flexibility index (Phi) is 9.83. The van der Waals surface area contributed by atoms with Crippen molar-refractivity contribution in [1.29, 1.82) is 0 Å². The van der Waals surface area contributed by atoms with E-state index in [9.17, 15) is 14.7 Å². The molecule has 0 aromatic heterocycles. The second-order valence-corrected chi connectivity index (χ2v) is 11.5. The van der Waals surface area contributed by atoms with Crippen LogP contribution in [0.1, 0.15) is 43.7 Å². The molecule has 2 aromatic rings. The highest BCUT2D eigenvalue weighted by molar-refractivity contribution is 9.10. The van der Waals surface area contributed by atoms with Gasteiger partial charge in [0, 0.05) is 41.0 Å². The topological polar surface area (TPSA) is 90.3 Å². The van der Waals surface area contributed by atoms with E-state index in [4.69, 9.17) is 9.84 Å². The van der Waals surface area contributed by atoms with Crippen molar-refractivity contribution in [2.75, 3.05) is 33.3 Å². The maximum absolute atomic E-state index is 11.5. The highest BCUT2D eigenvalue weighted by Gasteiger charge is 2.41. The lowest BCUT2D eigenvalue weighted by atomic mass is 9.77. The zero-order valence-electron chi connectivity index (χ0n) is 20.9. The number of methoxy groups -OCH3 is 1. The first-order valence-corrected chi connectivity index (χ1v) is 13.7. The Labute approximate surface area is 229 Å². The highest BCUT2D eigenvalue weighted by Crippen LogP contribution is 2.37. The molecule has 36 heavy (non-hydrogen) atoms. The van der Waals surface area contributed by atoms with Crippen molar-refractivity contribution >= 4 is 44.0 Å². The van der Waals surface area contributed by atoms with E-state index in [1.165, 1.54) is 17.6 Å². The van der Waals surface area contributed by atoms with Gasteiger partial charge in [0.25, 0.3) is 0 Å². The minimum atomic E-state index is -0.938. The predicted octanol–water partition coefficient (Wildman–Crippen LogP) is 6.30. The fraction of sp³-hybridized carbons (Fsp3) is 0.481. The zero-order chi connectivity index (χ0) is 26.5. The van der Waals surface area contributed by atoms with Crippen LogP contribution in [0.25, 0.3) is 0 Å². The summed E-state index contributed by atoms with van der Waals surface area (Å²) >= 11 is 6.82. The van der Waals surface area contributed by atoms with Gasteiger partial charge in [0.15, 0.2) is 0 Å². The first-order valence-electron chi connectivity index (χ1n) is 12.1. The van der Waals surface area contributed by atoms with Crippen LogP contribution in [-0.2, 0) is 10.3 Å². The average Bonchev–Trinajstić information content (AvgIpc) is 2.86. The van der Waals surface area contributed by atoms with Gasteiger partial charge >= 0.3 is 12.2 Å². The number of nitrogens with zero attached hydrogens (tertiary/aromatic N) is 2. The number of carbonyl (C=O) groups excluding carboxylic acids is 1. The normalized spacial score (nSPS) is 26.0. The molecule has 2 saturated heterocycles. The number of carboxylic acid groups (broad SMARTS) is 1. The molecule has 196 valence electrons. The third kappa shape index (κ3) is 6.81. The molecular formula is C27H34Br2N2O5. The molecule has 0 radical (unpaired) electrons. The number of piperidine rings is 2. The molecule has 4 atom stereocenters. The Morgan fingerprint density at radius 2 is 1.53 bits per heavy atom. The smallest absolute Gasteiger partial charge is 0.409 e. The highest BCUT2D eigenvalue weighted by atomic mass is 79.9. The van der Waals surface area contributed by atoms with Gasteiger partial charge in [-0.25, -0.2) is 9.59 Å². The summed E-state index contributed by atoms with van der Waals surface area (Å²) in [4.78, 5) is 25.6. The van der Waals surface area contributed by atoms with Crippen LogP contribution in [0.4, 0.5) is 9.59 Å². The van der Waals surface area contributed by atoms with Gasteiger partial charge in [0.05, 0.1) is 12.7 Å². The van der Waals surface area contributed by atoms with Gasteiger partial charge < -0.3 is 24.7 Å². The SMILES string of the molecule is CC1CN(C(=O)O)CCC1(O)c1ccc(Br)cc1.COC(=O)N1CCC(c2ccc(Br)cc2)C(C)C1. The van der Waals surface area contributed by atoms with E-state index in [2.05, 4.69) is 63.0 Å². The van der Waals surface area contributed by atoms with Gasteiger partial charge in [0.2, 0.25) is 0 Å². The second kappa shape index (κ2) is 12.4. The molecule has 2 amide bonds. The van der Waals surface area contributed by atoms with E-state index in [0.717, 1.165) is 34.0 Å². The third-order valence-electron chi connectivity index (χ3n) is 7.32. The van der Waals surface area contributed by atoms with Crippen molar-refractivity contribution in [3.8, 4) is 0 Å². The van der Waals surface area contributed by atoms with Crippen LogP contribution >= 0.6 is 31.9 Å². The summed E-state index contributed by atoms with van der Waals surface area (Å²) in [7, 11) is 1.44. The number of amides is 2. The summed E-state index contributed by atoms with van der Waals surface area (Å²) in [6, 6.07) is 16.0. The Morgan fingerprint density at radius 3 is 2.03 bits per heavy atom. The van der Waals surface area contributed by atoms with Gasteiger partial charge in [-0.15, -0.1) is 0 Å². The monoisotopic (exact) mass is 624 g/mol. The van der Waals surface area contributed by atoms with Crippen molar-refractivity contribution < 1.29 is 24.5 Å². The zero-order valence-corrected chi connectivity index (χ0v) is 24.0. The van der Waals surface area contributed by atoms with Crippen LogP contribution in [0.15, 0.2) is 57.5 Å². The van der Waals surface area contributed by atoms with E-state index in [-0.39, 0.29) is 12.0 Å². The first-order chi connectivity index (χ1) is 17.0. The second-order valence-electron chi connectivity index (χ2n) is 9.65. The van der Waals surface area contributed by atoms with Crippen LogP contribution in [-0.4, -0.2) is 65.5 Å². The Morgan fingerprint density at radius 1 is 0.944 bits per heavy atom. The maximum atomic E-state index is 11.5. The molecule has 4 unspecified atom stereocenters.